The molecule has 2 aromatic carbocycles. The molecule has 0 spiro atoms. The van der Waals surface area contributed by atoms with E-state index in [-0.39, 0.29) is 32.7 Å². The largest absolute Gasteiger partial charge is 0.507 e. The molecule has 2 heterocycles. The molecule has 1 aromatic heterocycles. The summed E-state index contributed by atoms with van der Waals surface area (Å²) >= 11 is 12.6. The number of likely N-dealkylation sites (tertiary alicyclic amines) is 1. The van der Waals surface area contributed by atoms with Crippen molar-refractivity contribution < 1.29 is 19.4 Å². The molecule has 4 rings (SSSR count). The highest BCUT2D eigenvalue weighted by Crippen LogP contribution is 2.44. The Bertz CT molecular complexity index is 1310. The van der Waals surface area contributed by atoms with E-state index in [9.17, 15) is 14.7 Å². The summed E-state index contributed by atoms with van der Waals surface area (Å²) in [5.74, 6) is -1.50. The molecular formula is C25H25Cl2N3O4. The molecule has 2 N–H and O–H groups in total. The van der Waals surface area contributed by atoms with E-state index >= 15 is 0 Å². The van der Waals surface area contributed by atoms with Crippen LogP contribution in [0.25, 0.3) is 16.7 Å². The minimum atomic E-state index is -0.782. The number of methoxy groups -OCH3 is 1. The zero-order valence-corrected chi connectivity index (χ0v) is 20.8. The van der Waals surface area contributed by atoms with Gasteiger partial charge in [0.15, 0.2) is 5.75 Å². The highest BCUT2D eigenvalue weighted by Gasteiger charge is 2.47. The molecule has 3 aromatic rings. The second-order valence-electron chi connectivity index (χ2n) is 8.48. The first-order valence-corrected chi connectivity index (χ1v) is 11.4. The Morgan fingerprint density at radius 2 is 1.82 bits per heavy atom. The number of ketones is 1. The van der Waals surface area contributed by atoms with Gasteiger partial charge in [0, 0.05) is 40.8 Å². The third-order valence-electron chi connectivity index (χ3n) is 6.02. The summed E-state index contributed by atoms with van der Waals surface area (Å²) in [6.07, 6.45) is 0. The number of hydrogen-bond donors (Lipinski definition) is 2. The maximum Gasteiger partial charge on any atom is 0.295 e. The fourth-order valence-electron chi connectivity index (χ4n) is 4.42. The third-order valence-corrected chi connectivity index (χ3v) is 6.58. The van der Waals surface area contributed by atoms with Crippen LogP contribution >= 0.6 is 23.2 Å². The van der Waals surface area contributed by atoms with E-state index in [0.29, 0.717) is 13.1 Å². The molecule has 1 atom stereocenters. The topological polar surface area (TPSA) is 85.9 Å². The molecule has 0 aliphatic carbocycles. The highest BCUT2D eigenvalue weighted by molar-refractivity contribution is 6.47. The number of aliphatic hydroxyl groups excluding tert-OH is 1. The number of carbonyl (C=O) groups excluding carboxylic acids is 2. The Labute approximate surface area is 207 Å². The number of fused-ring (bicyclic) bond motifs is 1. The van der Waals surface area contributed by atoms with Crippen LogP contribution in [0.5, 0.6) is 5.75 Å². The maximum atomic E-state index is 13.3. The van der Waals surface area contributed by atoms with Gasteiger partial charge in [-0.05, 0) is 39.2 Å². The number of likely N-dealkylation sites (N-methyl/N-ethyl adjacent to an activating group) is 1. The Hall–Kier alpha value is -3.00. The summed E-state index contributed by atoms with van der Waals surface area (Å²) in [5.41, 5.74) is 2.67. The lowest BCUT2D eigenvalue weighted by atomic mass is 9.93. The number of halogens is 2. The van der Waals surface area contributed by atoms with Crippen molar-refractivity contribution in [3.63, 3.8) is 0 Å². The lowest BCUT2D eigenvalue weighted by Crippen LogP contribution is -2.35. The molecule has 0 bridgehead atoms. The normalized spacial score (nSPS) is 17.9. The van der Waals surface area contributed by atoms with Crippen LogP contribution < -0.4 is 4.74 Å². The number of carbonyl (C=O) groups is 2. The summed E-state index contributed by atoms with van der Waals surface area (Å²) in [7, 11) is 5.22. The fraction of sp³-hybridized carbons (Fsp3) is 0.280. The summed E-state index contributed by atoms with van der Waals surface area (Å²) < 4.78 is 5.19. The van der Waals surface area contributed by atoms with Crippen molar-refractivity contribution in [1.82, 2.24) is 14.8 Å². The average molecular weight is 502 g/mol. The lowest BCUT2D eigenvalue weighted by molar-refractivity contribution is -0.140. The second-order valence-corrected chi connectivity index (χ2v) is 9.29. The second kappa shape index (κ2) is 9.33. The number of ether oxygens (including phenoxy) is 1. The molecule has 7 nitrogen and oxygen atoms in total. The molecule has 1 fully saturated rings. The Kier molecular flexibility index (Phi) is 6.62. The Morgan fingerprint density at radius 3 is 2.44 bits per heavy atom. The summed E-state index contributed by atoms with van der Waals surface area (Å²) in [6, 6.07) is 9.82. The van der Waals surface area contributed by atoms with Crippen molar-refractivity contribution in [3.05, 3.63) is 68.8 Å². The van der Waals surface area contributed by atoms with Crippen molar-refractivity contribution >= 4 is 51.6 Å². The van der Waals surface area contributed by atoms with E-state index in [2.05, 4.69) is 4.98 Å². The van der Waals surface area contributed by atoms with Gasteiger partial charge in [-0.15, -0.1) is 0 Å². The number of rotatable bonds is 6. The van der Waals surface area contributed by atoms with Crippen LogP contribution in [0.4, 0.5) is 0 Å². The number of aromatic nitrogens is 1. The van der Waals surface area contributed by atoms with Gasteiger partial charge in [0.2, 0.25) is 0 Å². The molecular weight excluding hydrogens is 477 g/mol. The molecule has 0 saturated carbocycles. The van der Waals surface area contributed by atoms with Crippen molar-refractivity contribution in [2.24, 2.45) is 0 Å². The molecule has 1 aliphatic rings. The summed E-state index contributed by atoms with van der Waals surface area (Å²) in [4.78, 5) is 33.3. The smallest absolute Gasteiger partial charge is 0.295 e. The number of nitrogens with one attached hydrogen (secondary N) is 1. The molecule has 9 heteroatoms. The van der Waals surface area contributed by atoms with Gasteiger partial charge in [-0.1, -0.05) is 41.4 Å². The summed E-state index contributed by atoms with van der Waals surface area (Å²) in [5, 5.41) is 12.6. The van der Waals surface area contributed by atoms with Gasteiger partial charge in [0.25, 0.3) is 11.7 Å². The van der Waals surface area contributed by atoms with E-state index < -0.39 is 17.7 Å². The number of nitrogens with zero attached hydrogens (tertiary/aromatic N) is 2. The van der Waals surface area contributed by atoms with Crippen molar-refractivity contribution in [3.8, 4) is 5.75 Å². The number of benzene rings is 2. The van der Waals surface area contributed by atoms with Crippen molar-refractivity contribution in [2.45, 2.75) is 13.0 Å². The number of aromatic amines is 1. The fourth-order valence-corrected chi connectivity index (χ4v) is 5.06. The minimum Gasteiger partial charge on any atom is -0.507 e. The molecule has 178 valence electrons. The predicted octanol–water partition coefficient (Wildman–Crippen LogP) is 4.78. The van der Waals surface area contributed by atoms with Crippen LogP contribution in [0.1, 0.15) is 22.9 Å². The van der Waals surface area contributed by atoms with Gasteiger partial charge < -0.3 is 24.6 Å². The van der Waals surface area contributed by atoms with Crippen LogP contribution in [-0.4, -0.2) is 65.9 Å². The van der Waals surface area contributed by atoms with Crippen LogP contribution in [0.2, 0.25) is 10.0 Å². The number of hydrogen-bond acceptors (Lipinski definition) is 5. The number of aryl methyl sites for hydroxylation is 1. The number of aliphatic hydroxyl groups is 1. The first kappa shape index (κ1) is 24.1. The van der Waals surface area contributed by atoms with Crippen molar-refractivity contribution in [2.75, 3.05) is 34.3 Å². The summed E-state index contributed by atoms with van der Waals surface area (Å²) in [6.45, 7) is 2.75. The van der Waals surface area contributed by atoms with Crippen LogP contribution in [0.3, 0.4) is 0 Å². The van der Waals surface area contributed by atoms with Gasteiger partial charge in [0.05, 0.1) is 28.8 Å². The molecule has 1 saturated heterocycles. The van der Waals surface area contributed by atoms with Gasteiger partial charge >= 0.3 is 0 Å². The van der Waals surface area contributed by atoms with E-state index in [4.69, 9.17) is 27.9 Å². The first-order valence-electron chi connectivity index (χ1n) is 10.7. The van der Waals surface area contributed by atoms with E-state index in [1.54, 1.807) is 0 Å². The molecule has 0 radical (unpaired) electrons. The minimum absolute atomic E-state index is 0.00564. The van der Waals surface area contributed by atoms with Gasteiger partial charge in [-0.2, -0.15) is 0 Å². The SMILES string of the molecule is COc1c(Cl)cc(/C(O)=C2\C(=O)C(=O)N(CCN(C)C)C2c2c(C)[nH]c3ccccc23)cc1Cl. The lowest BCUT2D eigenvalue weighted by Gasteiger charge is -2.27. The standard InChI is InChI=1S/C25H25Cl2N3O4/c1-13-19(15-7-5-6-8-18(15)28-13)21-20(23(32)25(33)30(21)10-9-29(2)3)22(31)14-11-16(26)24(34-4)17(27)12-14/h5-8,11-12,21,28,31H,9-10H2,1-4H3/b22-20+. The van der Waals surface area contributed by atoms with Gasteiger partial charge in [0.1, 0.15) is 5.76 Å². The Morgan fingerprint density at radius 1 is 1.18 bits per heavy atom. The predicted molar refractivity (Wildman–Crippen MR) is 134 cm³/mol. The van der Waals surface area contributed by atoms with E-state index in [1.165, 1.54) is 24.1 Å². The molecule has 1 unspecified atom stereocenters. The number of H-pyrrole nitrogens is 1. The monoisotopic (exact) mass is 501 g/mol. The molecule has 1 amide bonds. The van der Waals surface area contributed by atoms with Gasteiger partial charge in [-0.3, -0.25) is 9.59 Å². The zero-order chi connectivity index (χ0) is 24.7. The quantitative estimate of drug-likeness (QED) is 0.288. The van der Waals surface area contributed by atoms with Gasteiger partial charge in [-0.25, -0.2) is 0 Å². The maximum absolute atomic E-state index is 13.3. The highest BCUT2D eigenvalue weighted by atomic mass is 35.5. The molecule has 1 aliphatic heterocycles. The van der Waals surface area contributed by atoms with E-state index in [1.807, 2.05) is 50.2 Å². The number of amides is 1. The zero-order valence-electron chi connectivity index (χ0n) is 19.3. The average Bonchev–Trinajstić information content (AvgIpc) is 3.24. The first-order chi connectivity index (χ1) is 16.1. The van der Waals surface area contributed by atoms with Crippen LogP contribution in [-0.2, 0) is 9.59 Å². The Balaban J connectivity index is 1.97. The van der Waals surface area contributed by atoms with Crippen molar-refractivity contribution in [1.29, 1.82) is 0 Å². The van der Waals surface area contributed by atoms with Crippen LogP contribution in [0.15, 0.2) is 42.0 Å². The van der Waals surface area contributed by atoms with Crippen LogP contribution in [0, 0.1) is 6.92 Å². The number of para-hydroxylation sites is 1. The molecule has 34 heavy (non-hydrogen) atoms. The third kappa shape index (κ3) is 4.04. The van der Waals surface area contributed by atoms with E-state index in [0.717, 1.165) is 22.2 Å². The number of Topliss-reactive ketones (excluding diaryl/α,β-unsaturated/α-hetero) is 1.